The van der Waals surface area contributed by atoms with E-state index in [0.29, 0.717) is 17.9 Å². The SMILES string of the molecule is CC(=Nc1c(C(C)C)cccc1C(C)C)C1CCCCN1. The summed E-state index contributed by atoms with van der Waals surface area (Å²) in [5.41, 5.74) is 5.20. The standard InChI is InChI=1S/C19H30N2/c1-13(2)16-9-8-10-17(14(3)4)19(16)21-15(5)18-11-6-7-12-20-18/h8-10,13-14,18,20H,6-7,11-12H2,1-5H3. The number of hydrogen-bond acceptors (Lipinski definition) is 2. The lowest BCUT2D eigenvalue weighted by atomic mass is 9.92. The highest BCUT2D eigenvalue weighted by molar-refractivity contribution is 5.90. The zero-order valence-electron chi connectivity index (χ0n) is 14.2. The number of benzene rings is 1. The van der Waals surface area contributed by atoms with Crippen LogP contribution in [-0.2, 0) is 0 Å². The van der Waals surface area contributed by atoms with E-state index < -0.39 is 0 Å². The molecule has 21 heavy (non-hydrogen) atoms. The van der Waals surface area contributed by atoms with Crippen LogP contribution in [0.5, 0.6) is 0 Å². The van der Waals surface area contributed by atoms with E-state index in [1.165, 1.54) is 41.8 Å². The van der Waals surface area contributed by atoms with Crippen molar-refractivity contribution in [3.63, 3.8) is 0 Å². The second-order valence-electron chi connectivity index (χ2n) is 6.85. The number of nitrogens with one attached hydrogen (secondary N) is 1. The van der Waals surface area contributed by atoms with Crippen LogP contribution in [0.3, 0.4) is 0 Å². The second kappa shape index (κ2) is 7.22. The Labute approximate surface area is 130 Å². The second-order valence-corrected chi connectivity index (χ2v) is 6.85. The monoisotopic (exact) mass is 286 g/mol. The molecule has 1 aromatic carbocycles. The van der Waals surface area contributed by atoms with Crippen LogP contribution in [-0.4, -0.2) is 18.3 Å². The zero-order chi connectivity index (χ0) is 15.4. The number of aliphatic imine (C=N–C) groups is 1. The molecule has 1 aliphatic rings. The third-order valence-corrected chi connectivity index (χ3v) is 4.45. The average molecular weight is 286 g/mol. The molecule has 2 nitrogen and oxygen atoms in total. The molecule has 1 atom stereocenters. The van der Waals surface area contributed by atoms with Gasteiger partial charge in [0.25, 0.3) is 0 Å². The van der Waals surface area contributed by atoms with E-state index in [1.807, 2.05) is 0 Å². The first-order valence-corrected chi connectivity index (χ1v) is 8.42. The smallest absolute Gasteiger partial charge is 0.0698 e. The Balaban J connectivity index is 2.40. The largest absolute Gasteiger partial charge is 0.309 e. The Morgan fingerprint density at radius 2 is 1.71 bits per heavy atom. The van der Waals surface area contributed by atoms with Gasteiger partial charge in [0, 0.05) is 11.8 Å². The van der Waals surface area contributed by atoms with Crippen molar-refractivity contribution in [3.8, 4) is 0 Å². The van der Waals surface area contributed by atoms with E-state index >= 15 is 0 Å². The molecule has 0 saturated carbocycles. The average Bonchev–Trinajstić information content (AvgIpc) is 2.47. The van der Waals surface area contributed by atoms with Crippen molar-refractivity contribution in [2.24, 2.45) is 4.99 Å². The Morgan fingerprint density at radius 3 is 2.19 bits per heavy atom. The number of nitrogens with zero attached hydrogens (tertiary/aromatic N) is 1. The number of rotatable bonds is 4. The molecule has 0 aliphatic carbocycles. The molecule has 1 heterocycles. The highest BCUT2D eigenvalue weighted by Gasteiger charge is 2.18. The van der Waals surface area contributed by atoms with E-state index in [2.05, 4.69) is 58.1 Å². The zero-order valence-corrected chi connectivity index (χ0v) is 14.2. The van der Waals surface area contributed by atoms with Gasteiger partial charge in [0.05, 0.1) is 5.69 Å². The van der Waals surface area contributed by atoms with Gasteiger partial charge in [-0.05, 0) is 49.3 Å². The van der Waals surface area contributed by atoms with Crippen LogP contribution in [0.15, 0.2) is 23.2 Å². The van der Waals surface area contributed by atoms with Gasteiger partial charge in [-0.15, -0.1) is 0 Å². The molecular formula is C19H30N2. The van der Waals surface area contributed by atoms with Gasteiger partial charge < -0.3 is 5.32 Å². The van der Waals surface area contributed by atoms with Gasteiger partial charge in [0.2, 0.25) is 0 Å². The fourth-order valence-corrected chi connectivity index (χ4v) is 3.10. The maximum atomic E-state index is 5.08. The molecule has 2 heteroatoms. The molecule has 1 N–H and O–H groups in total. The molecule has 0 aromatic heterocycles. The molecule has 1 aromatic rings. The Hall–Kier alpha value is -1.15. The molecule has 1 saturated heterocycles. The molecule has 1 fully saturated rings. The fourth-order valence-electron chi connectivity index (χ4n) is 3.10. The van der Waals surface area contributed by atoms with Gasteiger partial charge in [-0.2, -0.15) is 0 Å². The maximum Gasteiger partial charge on any atom is 0.0698 e. The van der Waals surface area contributed by atoms with Crippen LogP contribution < -0.4 is 5.32 Å². The minimum absolute atomic E-state index is 0.457. The van der Waals surface area contributed by atoms with Crippen LogP contribution in [0.2, 0.25) is 0 Å². The summed E-state index contributed by atoms with van der Waals surface area (Å²) in [4.78, 5) is 5.08. The van der Waals surface area contributed by atoms with Crippen molar-refractivity contribution in [3.05, 3.63) is 29.3 Å². The topological polar surface area (TPSA) is 24.4 Å². The summed E-state index contributed by atoms with van der Waals surface area (Å²) in [6, 6.07) is 7.10. The van der Waals surface area contributed by atoms with Gasteiger partial charge in [-0.3, -0.25) is 4.99 Å². The first-order valence-electron chi connectivity index (χ1n) is 8.42. The van der Waals surface area contributed by atoms with Gasteiger partial charge in [0.15, 0.2) is 0 Å². The Kier molecular flexibility index (Phi) is 5.58. The summed E-state index contributed by atoms with van der Waals surface area (Å²) in [7, 11) is 0. The quantitative estimate of drug-likeness (QED) is 0.759. The first-order chi connectivity index (χ1) is 10.0. The lowest BCUT2D eigenvalue weighted by Gasteiger charge is -2.24. The molecule has 1 aliphatic heterocycles. The summed E-state index contributed by atoms with van der Waals surface area (Å²) < 4.78 is 0. The van der Waals surface area contributed by atoms with Crippen molar-refractivity contribution in [2.45, 2.75) is 71.8 Å². The molecular weight excluding hydrogens is 256 g/mol. The van der Waals surface area contributed by atoms with E-state index in [0.717, 1.165) is 6.54 Å². The summed E-state index contributed by atoms with van der Waals surface area (Å²) in [5, 5.41) is 3.61. The van der Waals surface area contributed by atoms with E-state index in [4.69, 9.17) is 4.99 Å². The molecule has 0 spiro atoms. The predicted molar refractivity (Wildman–Crippen MR) is 93.0 cm³/mol. The number of hydrogen-bond donors (Lipinski definition) is 1. The van der Waals surface area contributed by atoms with Gasteiger partial charge in [-0.1, -0.05) is 52.3 Å². The minimum atomic E-state index is 0.457. The highest BCUT2D eigenvalue weighted by atomic mass is 14.9. The van der Waals surface area contributed by atoms with Gasteiger partial charge in [-0.25, -0.2) is 0 Å². The van der Waals surface area contributed by atoms with E-state index in [-0.39, 0.29) is 0 Å². The van der Waals surface area contributed by atoms with Gasteiger partial charge >= 0.3 is 0 Å². The van der Waals surface area contributed by atoms with Crippen LogP contribution in [0.4, 0.5) is 5.69 Å². The van der Waals surface area contributed by atoms with Crippen molar-refractivity contribution < 1.29 is 0 Å². The van der Waals surface area contributed by atoms with Crippen LogP contribution >= 0.6 is 0 Å². The molecule has 2 rings (SSSR count). The predicted octanol–water partition coefficient (Wildman–Crippen LogP) is 5.17. The maximum absolute atomic E-state index is 5.08. The van der Waals surface area contributed by atoms with E-state index in [9.17, 15) is 0 Å². The van der Waals surface area contributed by atoms with Crippen molar-refractivity contribution in [1.29, 1.82) is 0 Å². The molecule has 0 bridgehead atoms. The minimum Gasteiger partial charge on any atom is -0.309 e. The Bertz CT molecular complexity index is 468. The third kappa shape index (κ3) is 3.94. The van der Waals surface area contributed by atoms with E-state index in [1.54, 1.807) is 0 Å². The summed E-state index contributed by atoms with van der Waals surface area (Å²) >= 11 is 0. The molecule has 116 valence electrons. The normalized spacial score (nSPS) is 20.3. The Morgan fingerprint density at radius 1 is 1.10 bits per heavy atom. The lowest BCUT2D eigenvalue weighted by molar-refractivity contribution is 0.470. The summed E-state index contributed by atoms with van der Waals surface area (Å²) in [6.07, 6.45) is 3.83. The summed E-state index contributed by atoms with van der Waals surface area (Å²) in [5.74, 6) is 1.02. The van der Waals surface area contributed by atoms with Crippen molar-refractivity contribution >= 4 is 11.4 Å². The number of piperidine rings is 1. The molecule has 0 radical (unpaired) electrons. The number of para-hydroxylation sites is 1. The summed E-state index contributed by atoms with van der Waals surface area (Å²) in [6.45, 7) is 12.3. The van der Waals surface area contributed by atoms with Crippen LogP contribution in [0, 0.1) is 0 Å². The first kappa shape index (κ1) is 16.2. The fraction of sp³-hybridized carbons (Fsp3) is 0.632. The van der Waals surface area contributed by atoms with Crippen molar-refractivity contribution in [1.82, 2.24) is 5.32 Å². The lowest BCUT2D eigenvalue weighted by Crippen LogP contribution is -2.39. The third-order valence-electron chi connectivity index (χ3n) is 4.45. The molecule has 1 unspecified atom stereocenters. The van der Waals surface area contributed by atoms with Crippen molar-refractivity contribution in [2.75, 3.05) is 6.54 Å². The van der Waals surface area contributed by atoms with Gasteiger partial charge in [0.1, 0.15) is 0 Å². The van der Waals surface area contributed by atoms with Crippen LogP contribution in [0.1, 0.15) is 76.8 Å². The van der Waals surface area contributed by atoms with Crippen LogP contribution in [0.25, 0.3) is 0 Å². The molecule has 0 amide bonds. The highest BCUT2D eigenvalue weighted by Crippen LogP contribution is 2.35.